The molecule has 2 aliphatic heterocycles. The molecule has 0 bridgehead atoms. The highest BCUT2D eigenvalue weighted by atomic mass is 19.1. The van der Waals surface area contributed by atoms with Gasteiger partial charge in [-0.1, -0.05) is 0 Å². The molecule has 0 aliphatic carbocycles. The van der Waals surface area contributed by atoms with Gasteiger partial charge in [0.2, 0.25) is 5.91 Å². The SMILES string of the molecule is COc1ccc(-c2cn(-c3ccc(F)cc3)c(CC(=O)N3CCC(CC4=NCC(C)=CN4)CC3)n2)cc1. The molecule has 8 heteroatoms. The van der Waals surface area contributed by atoms with Crippen LogP contribution in [0.1, 0.15) is 32.0 Å². The molecule has 2 aliphatic rings. The smallest absolute Gasteiger partial charge is 0.230 e. The molecule has 1 aromatic heterocycles. The lowest BCUT2D eigenvalue weighted by Gasteiger charge is -2.32. The number of hydrogen-bond donors (Lipinski definition) is 1. The summed E-state index contributed by atoms with van der Waals surface area (Å²) >= 11 is 0. The third-order valence-electron chi connectivity index (χ3n) is 7.03. The Balaban J connectivity index is 1.28. The number of likely N-dealkylation sites (tertiary alicyclic amines) is 1. The first-order valence-electron chi connectivity index (χ1n) is 12.7. The van der Waals surface area contributed by atoms with Gasteiger partial charge in [0, 0.05) is 43.2 Å². The maximum absolute atomic E-state index is 13.6. The summed E-state index contributed by atoms with van der Waals surface area (Å²) in [4.78, 5) is 24.7. The topological polar surface area (TPSA) is 71.8 Å². The number of carbonyl (C=O) groups is 1. The lowest BCUT2D eigenvalue weighted by atomic mass is 9.92. The molecule has 192 valence electrons. The van der Waals surface area contributed by atoms with Crippen molar-refractivity contribution in [2.24, 2.45) is 10.9 Å². The molecule has 1 amide bonds. The Morgan fingerprint density at radius 1 is 1.11 bits per heavy atom. The molecule has 0 unspecified atom stereocenters. The van der Waals surface area contributed by atoms with Gasteiger partial charge in [-0.15, -0.1) is 0 Å². The summed E-state index contributed by atoms with van der Waals surface area (Å²) in [5, 5.41) is 3.30. The number of amides is 1. The zero-order valence-corrected chi connectivity index (χ0v) is 21.3. The molecule has 0 atom stereocenters. The number of carbonyl (C=O) groups excluding carboxylic acids is 1. The first-order valence-corrected chi connectivity index (χ1v) is 12.7. The molecule has 0 saturated carbocycles. The first-order chi connectivity index (χ1) is 18.0. The second-order valence-corrected chi connectivity index (χ2v) is 9.72. The van der Waals surface area contributed by atoms with Gasteiger partial charge in [-0.05, 0) is 79.8 Å². The molecular weight excluding hydrogens is 469 g/mol. The van der Waals surface area contributed by atoms with Crippen molar-refractivity contribution >= 4 is 11.7 Å². The maximum Gasteiger partial charge on any atom is 0.230 e. The van der Waals surface area contributed by atoms with E-state index in [9.17, 15) is 9.18 Å². The highest BCUT2D eigenvalue weighted by Gasteiger charge is 2.25. The van der Waals surface area contributed by atoms with Gasteiger partial charge in [0.15, 0.2) is 0 Å². The highest BCUT2D eigenvalue weighted by Crippen LogP contribution is 2.26. The zero-order chi connectivity index (χ0) is 25.8. The van der Waals surface area contributed by atoms with Crippen LogP contribution in [0.4, 0.5) is 4.39 Å². The van der Waals surface area contributed by atoms with E-state index in [1.54, 1.807) is 19.2 Å². The second kappa shape index (κ2) is 11.0. The van der Waals surface area contributed by atoms with Crippen molar-refractivity contribution in [3.8, 4) is 22.7 Å². The Hall–Kier alpha value is -3.94. The third kappa shape index (κ3) is 5.90. The average molecular weight is 502 g/mol. The van der Waals surface area contributed by atoms with Gasteiger partial charge in [-0.2, -0.15) is 0 Å². The number of imidazole rings is 1. The summed E-state index contributed by atoms with van der Waals surface area (Å²) in [6, 6.07) is 13.9. The summed E-state index contributed by atoms with van der Waals surface area (Å²) in [6.07, 6.45) is 6.95. The van der Waals surface area contributed by atoms with E-state index in [0.717, 1.165) is 67.4 Å². The summed E-state index contributed by atoms with van der Waals surface area (Å²) < 4.78 is 20.7. The van der Waals surface area contributed by atoms with Crippen molar-refractivity contribution in [2.75, 3.05) is 26.7 Å². The van der Waals surface area contributed by atoms with Crippen LogP contribution in [0.25, 0.3) is 16.9 Å². The highest BCUT2D eigenvalue weighted by molar-refractivity contribution is 5.84. The first kappa shape index (κ1) is 24.7. The Labute approximate surface area is 216 Å². The Bertz CT molecular complexity index is 1300. The van der Waals surface area contributed by atoms with Crippen LogP contribution in [0.15, 0.2) is 71.5 Å². The van der Waals surface area contributed by atoms with E-state index in [-0.39, 0.29) is 18.1 Å². The molecule has 7 nitrogen and oxygen atoms in total. The van der Waals surface area contributed by atoms with E-state index in [2.05, 4.69) is 17.2 Å². The second-order valence-electron chi connectivity index (χ2n) is 9.72. The van der Waals surface area contributed by atoms with Crippen LogP contribution in [0.5, 0.6) is 5.75 Å². The van der Waals surface area contributed by atoms with Crippen LogP contribution in [-0.2, 0) is 11.2 Å². The number of hydrogen-bond acceptors (Lipinski definition) is 5. The van der Waals surface area contributed by atoms with Crippen molar-refractivity contribution in [1.82, 2.24) is 19.8 Å². The molecule has 1 N–H and O–H groups in total. The maximum atomic E-state index is 13.6. The fourth-order valence-corrected chi connectivity index (χ4v) is 4.82. The Morgan fingerprint density at radius 2 is 1.84 bits per heavy atom. The fourth-order valence-electron chi connectivity index (χ4n) is 4.82. The minimum Gasteiger partial charge on any atom is -0.497 e. The van der Waals surface area contributed by atoms with Crippen molar-refractivity contribution in [3.05, 3.63) is 78.1 Å². The fraction of sp³-hybridized carbons (Fsp3) is 0.345. The van der Waals surface area contributed by atoms with E-state index in [1.807, 2.05) is 46.1 Å². The van der Waals surface area contributed by atoms with Crippen molar-refractivity contribution in [2.45, 2.75) is 32.6 Å². The predicted octanol–water partition coefficient (Wildman–Crippen LogP) is 4.76. The lowest BCUT2D eigenvalue weighted by Crippen LogP contribution is -2.40. The molecule has 3 aromatic rings. The van der Waals surface area contributed by atoms with Gasteiger partial charge >= 0.3 is 0 Å². The van der Waals surface area contributed by atoms with Gasteiger partial charge in [0.1, 0.15) is 23.2 Å². The van der Waals surface area contributed by atoms with Gasteiger partial charge < -0.3 is 19.5 Å². The standard InChI is InChI=1S/C29H32FN5O2/c1-20-17-31-27(32-18-20)15-21-11-13-34(14-12-21)29(36)16-28-33-26(22-3-9-25(37-2)10-4-22)19-35(28)24-7-5-23(30)6-8-24/h3-10,17,19,21H,11-16,18H2,1-2H3,(H,31,32). The van der Waals surface area contributed by atoms with E-state index in [4.69, 9.17) is 9.72 Å². The van der Waals surface area contributed by atoms with Gasteiger partial charge in [-0.25, -0.2) is 9.37 Å². The van der Waals surface area contributed by atoms with Crippen LogP contribution >= 0.6 is 0 Å². The minimum absolute atomic E-state index is 0.0559. The zero-order valence-electron chi connectivity index (χ0n) is 21.3. The summed E-state index contributed by atoms with van der Waals surface area (Å²) in [5.74, 6) is 2.71. The number of methoxy groups -OCH3 is 1. The van der Waals surface area contributed by atoms with E-state index >= 15 is 0 Å². The summed E-state index contributed by atoms with van der Waals surface area (Å²) in [5.41, 5.74) is 3.66. The number of halogens is 1. The number of benzene rings is 2. The van der Waals surface area contributed by atoms with Crippen LogP contribution in [0.2, 0.25) is 0 Å². The molecule has 1 fully saturated rings. The molecule has 2 aromatic carbocycles. The van der Waals surface area contributed by atoms with Gasteiger partial charge in [-0.3, -0.25) is 9.79 Å². The Morgan fingerprint density at radius 3 is 2.49 bits per heavy atom. The normalized spacial score (nSPS) is 16.1. The molecule has 1 saturated heterocycles. The summed E-state index contributed by atoms with van der Waals surface area (Å²) in [7, 11) is 1.63. The number of piperidine rings is 1. The molecule has 0 radical (unpaired) electrons. The van der Waals surface area contributed by atoms with Gasteiger partial charge in [0.05, 0.1) is 25.8 Å². The number of aromatic nitrogens is 2. The molecule has 37 heavy (non-hydrogen) atoms. The van der Waals surface area contributed by atoms with E-state index in [0.29, 0.717) is 11.7 Å². The van der Waals surface area contributed by atoms with Crippen LogP contribution < -0.4 is 10.1 Å². The van der Waals surface area contributed by atoms with Crippen LogP contribution in [0.3, 0.4) is 0 Å². The predicted molar refractivity (Wildman–Crippen MR) is 142 cm³/mol. The number of nitrogens with zero attached hydrogens (tertiary/aromatic N) is 4. The quantitative estimate of drug-likeness (QED) is 0.507. The molecule has 5 rings (SSSR count). The molecule has 0 spiro atoms. The van der Waals surface area contributed by atoms with Crippen LogP contribution in [0, 0.1) is 11.7 Å². The average Bonchev–Trinajstić information content (AvgIpc) is 3.34. The van der Waals surface area contributed by atoms with Crippen LogP contribution in [-0.4, -0.2) is 52.9 Å². The monoisotopic (exact) mass is 501 g/mol. The minimum atomic E-state index is -0.305. The van der Waals surface area contributed by atoms with E-state index in [1.165, 1.54) is 17.7 Å². The summed E-state index contributed by atoms with van der Waals surface area (Å²) in [6.45, 7) is 4.29. The number of rotatable bonds is 7. The number of aliphatic imine (C=N–C) groups is 1. The Kier molecular flexibility index (Phi) is 7.35. The largest absolute Gasteiger partial charge is 0.497 e. The number of nitrogens with one attached hydrogen (secondary N) is 1. The van der Waals surface area contributed by atoms with Crippen molar-refractivity contribution in [1.29, 1.82) is 0 Å². The lowest BCUT2D eigenvalue weighted by molar-refractivity contribution is -0.131. The van der Waals surface area contributed by atoms with Gasteiger partial charge in [0.25, 0.3) is 0 Å². The molecule has 3 heterocycles. The number of ether oxygens (including phenoxy) is 1. The molecular formula is C29H32FN5O2. The number of amidine groups is 1. The van der Waals surface area contributed by atoms with Crippen molar-refractivity contribution < 1.29 is 13.9 Å². The van der Waals surface area contributed by atoms with Crippen molar-refractivity contribution in [3.63, 3.8) is 0 Å². The third-order valence-corrected chi connectivity index (χ3v) is 7.03. The van der Waals surface area contributed by atoms with E-state index < -0.39 is 0 Å².